The van der Waals surface area contributed by atoms with Crippen LogP contribution in [0.2, 0.25) is 0 Å². The molecule has 2 aromatic carbocycles. The monoisotopic (exact) mass is 674 g/mol. The SMILES string of the molecule is CCN(c1nc(-c2ccc(F)cc2)c(C#N)s1)c1c2cc(N3CCN(CC(=O)N4CC(O)C4)CC3C(F)(F)F)cc(F)c2nn1CC. The molecule has 4 aromatic rings. The zero-order valence-corrected chi connectivity index (χ0v) is 26.3. The fourth-order valence-corrected chi connectivity index (χ4v) is 6.99. The summed E-state index contributed by atoms with van der Waals surface area (Å²) in [6, 6.07) is 8.23. The minimum absolute atomic E-state index is 0.0194. The highest BCUT2D eigenvalue weighted by Gasteiger charge is 2.47. The zero-order chi connectivity index (χ0) is 33.6. The van der Waals surface area contributed by atoms with E-state index in [1.807, 2.05) is 6.92 Å². The molecule has 248 valence electrons. The average Bonchev–Trinajstić information content (AvgIpc) is 3.62. The number of aliphatic hydroxyl groups excluding tert-OH is 1. The predicted molar refractivity (Wildman–Crippen MR) is 166 cm³/mol. The van der Waals surface area contributed by atoms with Gasteiger partial charge >= 0.3 is 6.18 Å². The van der Waals surface area contributed by atoms with Gasteiger partial charge in [-0.3, -0.25) is 9.69 Å². The van der Waals surface area contributed by atoms with Crippen molar-refractivity contribution in [1.82, 2.24) is 24.6 Å². The first-order valence-corrected chi connectivity index (χ1v) is 15.9. The number of piperazine rings is 1. The Bertz CT molecular complexity index is 1830. The van der Waals surface area contributed by atoms with Gasteiger partial charge in [0.25, 0.3) is 0 Å². The number of aromatic nitrogens is 3. The van der Waals surface area contributed by atoms with Crippen molar-refractivity contribution in [2.24, 2.45) is 0 Å². The molecular weight excluding hydrogens is 643 g/mol. The summed E-state index contributed by atoms with van der Waals surface area (Å²) >= 11 is 1.09. The summed E-state index contributed by atoms with van der Waals surface area (Å²) in [4.78, 5) is 23.2. The van der Waals surface area contributed by atoms with Gasteiger partial charge in [0.2, 0.25) is 5.91 Å². The van der Waals surface area contributed by atoms with Gasteiger partial charge in [0.1, 0.15) is 39.8 Å². The number of fused-ring (bicyclic) bond motifs is 1. The third kappa shape index (κ3) is 6.22. The van der Waals surface area contributed by atoms with Crippen molar-refractivity contribution in [3.05, 3.63) is 52.9 Å². The lowest BCUT2D eigenvalue weighted by molar-refractivity contribution is -0.160. The predicted octanol–water partition coefficient (Wildman–Crippen LogP) is 4.74. The summed E-state index contributed by atoms with van der Waals surface area (Å²) in [6.45, 7) is 3.89. The number of anilines is 3. The van der Waals surface area contributed by atoms with Gasteiger partial charge in [-0.05, 0) is 50.2 Å². The summed E-state index contributed by atoms with van der Waals surface area (Å²) < 4.78 is 74.4. The van der Waals surface area contributed by atoms with Crippen LogP contribution in [-0.2, 0) is 11.3 Å². The topological polar surface area (TPSA) is 105 Å². The molecule has 0 saturated carbocycles. The summed E-state index contributed by atoms with van der Waals surface area (Å²) in [7, 11) is 0. The maximum atomic E-state index is 15.7. The highest BCUT2D eigenvalue weighted by molar-refractivity contribution is 7.16. The Hall–Kier alpha value is -4.33. The Labute approximate surface area is 270 Å². The van der Waals surface area contributed by atoms with Gasteiger partial charge in [-0.25, -0.2) is 18.4 Å². The number of aliphatic hydroxyl groups is 1. The average molecular weight is 675 g/mol. The van der Waals surface area contributed by atoms with E-state index in [9.17, 15) is 32.7 Å². The van der Waals surface area contributed by atoms with E-state index >= 15 is 4.39 Å². The van der Waals surface area contributed by atoms with Crippen LogP contribution in [0.25, 0.3) is 22.2 Å². The van der Waals surface area contributed by atoms with Crippen molar-refractivity contribution in [3.8, 4) is 17.3 Å². The fraction of sp³-hybridized carbons (Fsp3) is 0.419. The van der Waals surface area contributed by atoms with Gasteiger partial charge < -0.3 is 19.8 Å². The molecule has 6 rings (SSSR count). The minimum Gasteiger partial charge on any atom is -0.389 e. The number of hydrogen-bond acceptors (Lipinski definition) is 9. The Morgan fingerprint density at radius 3 is 2.47 bits per heavy atom. The lowest BCUT2D eigenvalue weighted by Gasteiger charge is -2.44. The van der Waals surface area contributed by atoms with Crippen molar-refractivity contribution < 1.29 is 31.9 Å². The van der Waals surface area contributed by atoms with Crippen LogP contribution in [0, 0.1) is 23.0 Å². The molecule has 1 amide bonds. The first-order valence-electron chi connectivity index (χ1n) is 15.1. The summed E-state index contributed by atoms with van der Waals surface area (Å²) in [5.74, 6) is -1.18. The molecule has 2 aliphatic heterocycles. The second kappa shape index (κ2) is 12.7. The van der Waals surface area contributed by atoms with E-state index in [1.54, 1.807) is 16.5 Å². The third-order valence-corrected chi connectivity index (χ3v) is 9.42. The van der Waals surface area contributed by atoms with Gasteiger partial charge in [-0.15, -0.1) is 0 Å². The van der Waals surface area contributed by atoms with Crippen LogP contribution in [0.3, 0.4) is 0 Å². The van der Waals surface area contributed by atoms with E-state index < -0.39 is 36.5 Å². The number of likely N-dealkylation sites (tertiary alicyclic amines) is 1. The van der Waals surface area contributed by atoms with E-state index in [0.717, 1.165) is 22.3 Å². The van der Waals surface area contributed by atoms with Crippen LogP contribution in [0.5, 0.6) is 0 Å². The van der Waals surface area contributed by atoms with E-state index in [-0.39, 0.29) is 60.1 Å². The van der Waals surface area contributed by atoms with E-state index in [1.165, 1.54) is 40.1 Å². The van der Waals surface area contributed by atoms with E-state index in [0.29, 0.717) is 35.3 Å². The van der Waals surface area contributed by atoms with Crippen molar-refractivity contribution >= 4 is 44.8 Å². The quantitative estimate of drug-likeness (QED) is 0.268. The number of carbonyl (C=O) groups is 1. The molecule has 1 atom stereocenters. The molecule has 2 saturated heterocycles. The van der Waals surface area contributed by atoms with Crippen LogP contribution in [0.4, 0.5) is 38.6 Å². The number of nitriles is 1. The first kappa shape index (κ1) is 32.6. The van der Waals surface area contributed by atoms with Crippen LogP contribution in [0.15, 0.2) is 36.4 Å². The second-order valence-corrected chi connectivity index (χ2v) is 12.4. The molecule has 4 heterocycles. The van der Waals surface area contributed by atoms with E-state index in [2.05, 4.69) is 16.2 Å². The normalized spacial score (nSPS) is 17.6. The molecule has 2 aromatic heterocycles. The number of alkyl halides is 3. The molecule has 10 nitrogen and oxygen atoms in total. The fourth-order valence-electron chi connectivity index (χ4n) is 6.04. The highest BCUT2D eigenvalue weighted by Crippen LogP contribution is 2.41. The Morgan fingerprint density at radius 2 is 1.85 bits per heavy atom. The van der Waals surface area contributed by atoms with Gasteiger partial charge in [-0.2, -0.15) is 23.5 Å². The Balaban J connectivity index is 1.37. The number of benzene rings is 2. The third-order valence-electron chi connectivity index (χ3n) is 8.44. The summed E-state index contributed by atoms with van der Waals surface area (Å²) in [5.41, 5.74) is 0.875. The molecule has 47 heavy (non-hydrogen) atoms. The number of amides is 1. The Morgan fingerprint density at radius 1 is 1.13 bits per heavy atom. The summed E-state index contributed by atoms with van der Waals surface area (Å²) in [5, 5.41) is 24.4. The highest BCUT2D eigenvalue weighted by atomic mass is 32.1. The number of hydrogen-bond donors (Lipinski definition) is 1. The zero-order valence-electron chi connectivity index (χ0n) is 25.5. The van der Waals surface area contributed by atoms with Gasteiger partial charge in [0, 0.05) is 62.5 Å². The number of β-amino-alcohol motifs (C(OH)–C–C–N with tert-alkyl or cyclic N) is 1. The molecule has 0 radical (unpaired) electrons. The number of nitrogens with zero attached hydrogens (tertiary/aromatic N) is 8. The van der Waals surface area contributed by atoms with E-state index in [4.69, 9.17) is 0 Å². The van der Waals surface area contributed by atoms with Crippen molar-refractivity contribution in [1.29, 1.82) is 5.26 Å². The van der Waals surface area contributed by atoms with Gasteiger partial charge in [0.05, 0.1) is 12.6 Å². The minimum atomic E-state index is -4.68. The van der Waals surface area contributed by atoms with Gasteiger partial charge in [0.15, 0.2) is 10.9 Å². The lowest BCUT2D eigenvalue weighted by Crippen LogP contribution is -2.62. The maximum Gasteiger partial charge on any atom is 0.409 e. The standard InChI is InChI=1S/C31H31F5N8O2S/c1-3-42(30-38-27(24(13-37)47-30)18-5-7-19(32)8-6-18)29-22-11-20(12-23(33)28(22)39-44(29)4-2)43-10-9-40(16-25(43)31(34,35)36)17-26(46)41-14-21(45)15-41/h5-8,11-12,21,25,45H,3-4,9-10,14-17H2,1-2H3. The summed E-state index contributed by atoms with van der Waals surface area (Å²) in [6.07, 6.45) is -5.30. The molecular formula is C31H31F5N8O2S. The molecule has 2 aliphatic rings. The lowest BCUT2D eigenvalue weighted by atomic mass is 10.1. The smallest absolute Gasteiger partial charge is 0.389 e. The van der Waals surface area contributed by atoms with Crippen LogP contribution in [-0.4, -0.2) is 99.7 Å². The van der Waals surface area contributed by atoms with Crippen molar-refractivity contribution in [3.63, 3.8) is 0 Å². The number of carbonyl (C=O) groups excluding carboxylic acids is 1. The van der Waals surface area contributed by atoms with Crippen LogP contribution in [0.1, 0.15) is 18.7 Å². The molecule has 0 bridgehead atoms. The largest absolute Gasteiger partial charge is 0.409 e. The molecule has 2 fully saturated rings. The Kier molecular flexibility index (Phi) is 8.81. The van der Waals surface area contributed by atoms with Crippen molar-refractivity contribution in [2.45, 2.75) is 38.7 Å². The van der Waals surface area contributed by atoms with Crippen LogP contribution < -0.4 is 9.80 Å². The molecule has 0 spiro atoms. The molecule has 16 heteroatoms. The number of rotatable bonds is 8. The second-order valence-electron chi connectivity index (χ2n) is 11.4. The molecule has 0 aliphatic carbocycles. The number of thiazole rings is 1. The maximum absolute atomic E-state index is 15.7. The molecule has 1 N–H and O–H groups in total. The first-order chi connectivity index (χ1) is 22.4. The number of aryl methyl sites for hydroxylation is 1. The molecule has 1 unspecified atom stereocenters. The van der Waals surface area contributed by atoms with Crippen molar-refractivity contribution in [2.75, 3.05) is 55.6 Å². The van der Waals surface area contributed by atoms with Gasteiger partial charge in [-0.1, -0.05) is 11.3 Å². The van der Waals surface area contributed by atoms with Crippen LogP contribution >= 0.6 is 11.3 Å². The number of halogens is 5.